The molecule has 0 aromatic carbocycles. The van der Waals surface area contributed by atoms with Gasteiger partial charge < -0.3 is 14.6 Å². The van der Waals surface area contributed by atoms with E-state index < -0.39 is 5.97 Å². The van der Waals surface area contributed by atoms with Crippen LogP contribution >= 0.6 is 0 Å². The fourth-order valence-electron chi connectivity index (χ4n) is 3.37. The van der Waals surface area contributed by atoms with Crippen LogP contribution < -0.4 is 4.90 Å². The molecule has 0 spiro atoms. The van der Waals surface area contributed by atoms with Crippen molar-refractivity contribution >= 4 is 11.8 Å². The second-order valence-electron chi connectivity index (χ2n) is 6.54. The third-order valence-corrected chi connectivity index (χ3v) is 5.00. The van der Waals surface area contributed by atoms with Crippen LogP contribution in [0.5, 0.6) is 0 Å². The number of aromatic nitrogens is 1. The quantitative estimate of drug-likeness (QED) is 0.651. The molecule has 0 radical (unpaired) electrons. The van der Waals surface area contributed by atoms with Crippen molar-refractivity contribution in [2.75, 3.05) is 20.2 Å². The predicted octanol–water partition coefficient (Wildman–Crippen LogP) is 1.30. The number of nitrogens with one attached hydrogen (secondary N) is 2. The maximum Gasteiger partial charge on any atom is 0.339 e. The van der Waals surface area contributed by atoms with Gasteiger partial charge in [0.05, 0.1) is 31.5 Å². The number of hydrogen-bond donors (Lipinski definition) is 2. The summed E-state index contributed by atoms with van der Waals surface area (Å²) in [5.41, 5.74) is 2.44. The Balaban J connectivity index is 2.21. The van der Waals surface area contributed by atoms with Gasteiger partial charge >= 0.3 is 5.97 Å². The van der Waals surface area contributed by atoms with Gasteiger partial charge in [0.25, 0.3) is 0 Å². The molecule has 2 heterocycles. The van der Waals surface area contributed by atoms with Crippen molar-refractivity contribution in [2.24, 2.45) is 5.92 Å². The van der Waals surface area contributed by atoms with Gasteiger partial charge in [-0.25, -0.2) is 4.79 Å². The number of aromatic amines is 1. The van der Waals surface area contributed by atoms with Gasteiger partial charge in [0.1, 0.15) is 6.04 Å². The van der Waals surface area contributed by atoms with Crippen molar-refractivity contribution in [3.63, 3.8) is 0 Å². The SMILES string of the molecule is COC(=O)c1c(C)[nH]c(C(=O)[C@@H](C)[NH+]2CCC(C)CC2)c1C. The summed E-state index contributed by atoms with van der Waals surface area (Å²) in [4.78, 5) is 29.1. The van der Waals surface area contributed by atoms with Crippen LogP contribution in [0, 0.1) is 19.8 Å². The molecule has 1 aliphatic heterocycles. The first-order chi connectivity index (χ1) is 10.4. The Morgan fingerprint density at radius 3 is 2.41 bits per heavy atom. The molecule has 0 aliphatic carbocycles. The van der Waals surface area contributed by atoms with Crippen molar-refractivity contribution < 1.29 is 19.2 Å². The monoisotopic (exact) mass is 307 g/mol. The number of quaternary nitrogens is 1. The van der Waals surface area contributed by atoms with E-state index in [0.29, 0.717) is 22.5 Å². The number of carbonyl (C=O) groups is 2. The normalized spacial score (nSPS) is 23.1. The van der Waals surface area contributed by atoms with Crippen molar-refractivity contribution in [3.8, 4) is 0 Å². The zero-order valence-electron chi connectivity index (χ0n) is 14.2. The third kappa shape index (κ3) is 3.09. The van der Waals surface area contributed by atoms with Crippen LogP contribution in [0.3, 0.4) is 0 Å². The molecule has 0 unspecified atom stereocenters. The lowest BCUT2D eigenvalue weighted by Crippen LogP contribution is -3.17. The van der Waals surface area contributed by atoms with Crippen molar-refractivity contribution in [2.45, 2.75) is 46.6 Å². The highest BCUT2D eigenvalue weighted by molar-refractivity contribution is 6.03. The summed E-state index contributed by atoms with van der Waals surface area (Å²) in [6, 6.07) is -0.0882. The molecule has 22 heavy (non-hydrogen) atoms. The first-order valence-electron chi connectivity index (χ1n) is 8.03. The van der Waals surface area contributed by atoms with E-state index >= 15 is 0 Å². The molecule has 1 atom stereocenters. The lowest BCUT2D eigenvalue weighted by Gasteiger charge is -2.31. The van der Waals surface area contributed by atoms with Gasteiger partial charge in [-0.1, -0.05) is 6.92 Å². The van der Waals surface area contributed by atoms with Crippen LogP contribution in [0.25, 0.3) is 0 Å². The third-order valence-electron chi connectivity index (χ3n) is 5.00. The van der Waals surface area contributed by atoms with Gasteiger partial charge in [0.15, 0.2) is 0 Å². The molecule has 0 bridgehead atoms. The second kappa shape index (κ2) is 6.65. The van der Waals surface area contributed by atoms with Crippen molar-refractivity contribution in [1.82, 2.24) is 4.98 Å². The Labute approximate surface area is 132 Å². The molecule has 2 rings (SSSR count). The minimum atomic E-state index is -0.392. The van der Waals surface area contributed by atoms with Gasteiger partial charge in [-0.05, 0) is 45.1 Å². The van der Waals surface area contributed by atoms with Gasteiger partial charge in [-0.2, -0.15) is 0 Å². The number of H-pyrrole nitrogens is 1. The van der Waals surface area contributed by atoms with Gasteiger partial charge in [0.2, 0.25) is 5.78 Å². The summed E-state index contributed by atoms with van der Waals surface area (Å²) in [5.74, 6) is 0.448. The van der Waals surface area contributed by atoms with Crippen LogP contribution in [-0.4, -0.2) is 43.0 Å². The van der Waals surface area contributed by atoms with E-state index in [-0.39, 0.29) is 11.8 Å². The molecule has 122 valence electrons. The van der Waals surface area contributed by atoms with E-state index in [1.165, 1.54) is 24.9 Å². The number of Topliss-reactive ketones (excluding diaryl/α,β-unsaturated/α-hetero) is 1. The molecule has 0 saturated carbocycles. The average Bonchev–Trinajstić information content (AvgIpc) is 2.80. The topological polar surface area (TPSA) is 63.6 Å². The minimum Gasteiger partial charge on any atom is -0.465 e. The molecule has 5 heteroatoms. The van der Waals surface area contributed by atoms with Crippen molar-refractivity contribution in [1.29, 1.82) is 0 Å². The number of hydrogen-bond acceptors (Lipinski definition) is 3. The van der Waals surface area contributed by atoms with Gasteiger partial charge in [-0.15, -0.1) is 0 Å². The summed E-state index contributed by atoms with van der Waals surface area (Å²) in [6.07, 6.45) is 2.34. The number of likely N-dealkylation sites (tertiary alicyclic amines) is 1. The standard InChI is InChI=1S/C17H26N2O3/c1-10-6-8-19(9-7-10)13(4)16(20)15-11(2)14(12(3)18-15)17(21)22-5/h10,13,18H,6-9H2,1-5H3/p+1/t13-/m1/s1. The first kappa shape index (κ1) is 16.7. The van der Waals surface area contributed by atoms with E-state index in [1.807, 2.05) is 13.8 Å². The molecule has 5 nitrogen and oxygen atoms in total. The number of piperidine rings is 1. The van der Waals surface area contributed by atoms with Crippen LogP contribution in [0.2, 0.25) is 0 Å². The number of carbonyl (C=O) groups excluding carboxylic acids is 2. The summed E-state index contributed by atoms with van der Waals surface area (Å²) in [7, 11) is 1.36. The summed E-state index contributed by atoms with van der Waals surface area (Å²) in [6.45, 7) is 9.94. The van der Waals surface area contributed by atoms with E-state index in [4.69, 9.17) is 4.74 Å². The molecular weight excluding hydrogens is 280 g/mol. The highest BCUT2D eigenvalue weighted by atomic mass is 16.5. The first-order valence-corrected chi connectivity index (χ1v) is 8.03. The Kier molecular flexibility index (Phi) is 5.06. The molecular formula is C17H27N2O3+. The fourth-order valence-corrected chi connectivity index (χ4v) is 3.37. The minimum absolute atomic E-state index is 0.0836. The Hall–Kier alpha value is -1.62. The van der Waals surface area contributed by atoms with Crippen LogP contribution in [-0.2, 0) is 4.74 Å². The molecule has 1 aromatic heterocycles. The highest BCUT2D eigenvalue weighted by Crippen LogP contribution is 2.20. The fraction of sp³-hybridized carbons (Fsp3) is 0.647. The summed E-state index contributed by atoms with van der Waals surface area (Å²) in [5, 5.41) is 0. The summed E-state index contributed by atoms with van der Waals surface area (Å²) >= 11 is 0. The predicted molar refractivity (Wildman–Crippen MR) is 84.5 cm³/mol. The van der Waals surface area contributed by atoms with Crippen molar-refractivity contribution in [3.05, 3.63) is 22.5 Å². The van der Waals surface area contributed by atoms with E-state index in [2.05, 4.69) is 11.9 Å². The lowest BCUT2D eigenvalue weighted by atomic mass is 9.96. The molecule has 1 aliphatic rings. The number of ketones is 1. The maximum absolute atomic E-state index is 12.8. The van der Waals surface area contributed by atoms with E-state index in [1.54, 1.807) is 6.92 Å². The molecule has 1 fully saturated rings. The molecule has 0 amide bonds. The summed E-state index contributed by atoms with van der Waals surface area (Å²) < 4.78 is 4.80. The molecule has 2 N–H and O–H groups in total. The van der Waals surface area contributed by atoms with Crippen LogP contribution in [0.1, 0.15) is 58.8 Å². The molecule has 1 saturated heterocycles. The zero-order valence-corrected chi connectivity index (χ0v) is 14.2. The second-order valence-corrected chi connectivity index (χ2v) is 6.54. The number of esters is 1. The van der Waals surface area contributed by atoms with Crippen LogP contribution in [0.15, 0.2) is 0 Å². The Bertz CT molecular complexity index is 569. The Morgan fingerprint density at radius 1 is 1.27 bits per heavy atom. The molecule has 1 aromatic rings. The lowest BCUT2D eigenvalue weighted by molar-refractivity contribution is -0.919. The van der Waals surface area contributed by atoms with Gasteiger partial charge in [0, 0.05) is 5.69 Å². The highest BCUT2D eigenvalue weighted by Gasteiger charge is 2.32. The Morgan fingerprint density at radius 2 is 1.86 bits per heavy atom. The average molecular weight is 307 g/mol. The van der Waals surface area contributed by atoms with E-state index in [0.717, 1.165) is 19.0 Å². The van der Waals surface area contributed by atoms with Crippen LogP contribution in [0.4, 0.5) is 0 Å². The zero-order chi connectivity index (χ0) is 16.4. The number of methoxy groups -OCH3 is 1. The maximum atomic E-state index is 12.8. The largest absolute Gasteiger partial charge is 0.465 e. The number of aryl methyl sites for hydroxylation is 1. The smallest absolute Gasteiger partial charge is 0.339 e. The van der Waals surface area contributed by atoms with E-state index in [9.17, 15) is 9.59 Å². The number of rotatable bonds is 4. The van der Waals surface area contributed by atoms with Gasteiger partial charge in [-0.3, -0.25) is 4.79 Å². The number of ether oxygens (including phenoxy) is 1.